The van der Waals surface area contributed by atoms with Gasteiger partial charge in [0, 0.05) is 17.0 Å². The van der Waals surface area contributed by atoms with Crippen LogP contribution < -0.4 is 4.90 Å². The van der Waals surface area contributed by atoms with Gasteiger partial charge in [-0.1, -0.05) is 43.3 Å². The first kappa shape index (κ1) is 18.6. The van der Waals surface area contributed by atoms with Gasteiger partial charge in [0.15, 0.2) is 5.13 Å². The largest absolute Gasteiger partial charge is 0.394 e. The summed E-state index contributed by atoms with van der Waals surface area (Å²) in [5, 5.41) is 20.5. The molecule has 6 heteroatoms. The summed E-state index contributed by atoms with van der Waals surface area (Å²) >= 11 is 1.57. The van der Waals surface area contributed by atoms with Crippen LogP contribution in [0.1, 0.15) is 23.3 Å². The minimum atomic E-state index is -0.368. The Balaban J connectivity index is 1.60. The Morgan fingerprint density at radius 1 is 1.21 bits per heavy atom. The number of anilines is 1. The van der Waals surface area contributed by atoms with Gasteiger partial charge in [-0.3, -0.25) is 0 Å². The average molecular weight is 393 g/mol. The van der Waals surface area contributed by atoms with Crippen LogP contribution in [0.3, 0.4) is 0 Å². The first-order chi connectivity index (χ1) is 13.7. The third-order valence-corrected chi connectivity index (χ3v) is 6.45. The predicted molar refractivity (Wildman–Crippen MR) is 109 cm³/mol. The van der Waals surface area contributed by atoms with Crippen molar-refractivity contribution in [3.05, 3.63) is 71.0 Å². The minimum Gasteiger partial charge on any atom is -0.394 e. The number of halogens is 1. The van der Waals surface area contributed by atoms with Crippen LogP contribution in [0.25, 0.3) is 11.1 Å². The van der Waals surface area contributed by atoms with Crippen molar-refractivity contribution in [1.82, 2.24) is 4.98 Å². The van der Waals surface area contributed by atoms with E-state index in [1.54, 1.807) is 17.4 Å². The number of rotatable bonds is 5. The van der Waals surface area contributed by atoms with E-state index in [0.717, 1.165) is 33.1 Å². The molecule has 0 unspecified atom stereocenters. The van der Waals surface area contributed by atoms with Crippen LogP contribution in [-0.2, 0) is 6.42 Å². The Bertz CT molecular complexity index is 1010. The van der Waals surface area contributed by atoms with Crippen LogP contribution in [0.5, 0.6) is 0 Å². The van der Waals surface area contributed by atoms with E-state index >= 15 is 0 Å². The predicted octanol–water partition coefficient (Wildman–Crippen LogP) is 4.37. The van der Waals surface area contributed by atoms with Gasteiger partial charge in [-0.2, -0.15) is 5.26 Å². The maximum atomic E-state index is 13.5. The van der Waals surface area contributed by atoms with Gasteiger partial charge in [0.1, 0.15) is 11.9 Å². The molecule has 1 aliphatic heterocycles. The number of aryl methyl sites for hydroxylation is 1. The van der Waals surface area contributed by atoms with Crippen molar-refractivity contribution in [2.45, 2.75) is 31.3 Å². The highest BCUT2D eigenvalue weighted by molar-refractivity contribution is 7.15. The van der Waals surface area contributed by atoms with Gasteiger partial charge in [0.2, 0.25) is 0 Å². The molecule has 0 bridgehead atoms. The summed E-state index contributed by atoms with van der Waals surface area (Å²) < 4.78 is 13.5. The van der Waals surface area contributed by atoms with Crippen molar-refractivity contribution in [2.75, 3.05) is 11.5 Å². The Hall–Kier alpha value is -2.75. The molecule has 3 atom stereocenters. The monoisotopic (exact) mass is 393 g/mol. The molecule has 1 aliphatic rings. The number of hydrogen-bond acceptors (Lipinski definition) is 5. The SMILES string of the molecule is CCc1cnc(N2[C@H](C#N)[C@@H](c3ccc(-c4cccc(F)c4)cc3)[C@H]2CO)s1. The van der Waals surface area contributed by atoms with Crippen LogP contribution in [0.2, 0.25) is 0 Å². The summed E-state index contributed by atoms with van der Waals surface area (Å²) in [7, 11) is 0. The molecular weight excluding hydrogens is 373 g/mol. The first-order valence-electron chi connectivity index (χ1n) is 9.25. The number of nitrogens with zero attached hydrogens (tertiary/aromatic N) is 3. The van der Waals surface area contributed by atoms with Gasteiger partial charge >= 0.3 is 0 Å². The van der Waals surface area contributed by atoms with Crippen LogP contribution in [-0.4, -0.2) is 28.8 Å². The van der Waals surface area contributed by atoms with E-state index in [9.17, 15) is 14.8 Å². The van der Waals surface area contributed by atoms with Gasteiger partial charge in [-0.15, -0.1) is 11.3 Å². The highest BCUT2D eigenvalue weighted by atomic mass is 32.1. The van der Waals surface area contributed by atoms with Crippen LogP contribution >= 0.6 is 11.3 Å². The molecule has 0 amide bonds. The van der Waals surface area contributed by atoms with Gasteiger partial charge in [0.05, 0.1) is 18.7 Å². The molecule has 3 aromatic rings. The second-order valence-corrected chi connectivity index (χ2v) is 7.95. The number of nitriles is 1. The number of aromatic nitrogens is 1. The van der Waals surface area contributed by atoms with Crippen LogP contribution in [0.15, 0.2) is 54.7 Å². The summed E-state index contributed by atoms with van der Waals surface area (Å²) in [5.41, 5.74) is 2.72. The smallest absolute Gasteiger partial charge is 0.186 e. The molecule has 1 fully saturated rings. The standard InChI is InChI=1S/C22H20FN3OS/c1-2-18-12-25-22(28-18)26-19(11-24)21(20(26)13-27)15-8-6-14(7-9-15)16-4-3-5-17(23)10-16/h3-10,12,19-21,27H,2,13H2,1H3/t19-,20-,21-/m1/s1. The van der Waals surface area contributed by atoms with E-state index in [4.69, 9.17) is 0 Å². The van der Waals surface area contributed by atoms with Crippen molar-refractivity contribution in [3.63, 3.8) is 0 Å². The Morgan fingerprint density at radius 2 is 2.00 bits per heavy atom. The van der Waals surface area contributed by atoms with Crippen molar-refractivity contribution >= 4 is 16.5 Å². The molecule has 1 saturated heterocycles. The Labute approximate surface area is 167 Å². The lowest BCUT2D eigenvalue weighted by atomic mass is 9.76. The molecule has 1 N–H and O–H groups in total. The summed E-state index contributed by atoms with van der Waals surface area (Å²) in [6, 6.07) is 16.1. The van der Waals surface area contributed by atoms with E-state index in [-0.39, 0.29) is 30.4 Å². The molecule has 1 aromatic heterocycles. The summed E-state index contributed by atoms with van der Waals surface area (Å²) in [5.74, 6) is -0.360. The molecule has 28 heavy (non-hydrogen) atoms. The topological polar surface area (TPSA) is 60.2 Å². The molecule has 2 aromatic carbocycles. The zero-order chi connectivity index (χ0) is 19.7. The van der Waals surface area contributed by atoms with Crippen molar-refractivity contribution in [2.24, 2.45) is 0 Å². The van der Waals surface area contributed by atoms with Crippen molar-refractivity contribution < 1.29 is 9.50 Å². The molecule has 0 saturated carbocycles. The Kier molecular flexibility index (Phi) is 5.12. The first-order valence-corrected chi connectivity index (χ1v) is 10.1. The summed E-state index contributed by atoms with van der Waals surface area (Å²) in [6.45, 7) is 2.02. The Morgan fingerprint density at radius 3 is 2.61 bits per heavy atom. The van der Waals surface area contributed by atoms with Gasteiger partial charge in [0.25, 0.3) is 0 Å². The highest BCUT2D eigenvalue weighted by Crippen LogP contribution is 2.44. The molecule has 142 valence electrons. The third kappa shape index (κ3) is 3.17. The van der Waals surface area contributed by atoms with E-state index in [1.807, 2.05) is 41.4 Å². The molecule has 0 radical (unpaired) electrons. The van der Waals surface area contributed by atoms with Gasteiger partial charge in [-0.05, 0) is 35.2 Å². The molecular formula is C22H20FN3OS. The fourth-order valence-corrected chi connectivity index (χ4v) is 4.76. The number of aliphatic hydroxyl groups is 1. The maximum absolute atomic E-state index is 13.5. The number of hydrogen-bond donors (Lipinski definition) is 1. The van der Waals surface area contributed by atoms with E-state index in [2.05, 4.69) is 18.0 Å². The minimum absolute atomic E-state index is 0.0461. The normalized spacial score (nSPS) is 21.2. The zero-order valence-corrected chi connectivity index (χ0v) is 16.2. The summed E-state index contributed by atoms with van der Waals surface area (Å²) in [4.78, 5) is 7.53. The quantitative estimate of drug-likeness (QED) is 0.699. The third-order valence-electron chi connectivity index (χ3n) is 5.30. The van der Waals surface area contributed by atoms with E-state index < -0.39 is 0 Å². The van der Waals surface area contributed by atoms with Crippen molar-refractivity contribution in [3.8, 4) is 17.2 Å². The molecule has 2 heterocycles. The number of aliphatic hydroxyl groups excluding tert-OH is 1. The number of benzene rings is 2. The lowest BCUT2D eigenvalue weighted by Crippen LogP contribution is -2.63. The van der Waals surface area contributed by atoms with E-state index in [1.165, 1.54) is 12.1 Å². The fourth-order valence-electron chi connectivity index (χ4n) is 3.82. The van der Waals surface area contributed by atoms with Crippen LogP contribution in [0, 0.1) is 17.1 Å². The molecule has 4 nitrogen and oxygen atoms in total. The summed E-state index contributed by atoms with van der Waals surface area (Å²) in [6.07, 6.45) is 2.74. The van der Waals surface area contributed by atoms with Gasteiger partial charge < -0.3 is 10.0 Å². The lowest BCUT2D eigenvalue weighted by Gasteiger charge is -2.51. The van der Waals surface area contributed by atoms with Crippen LogP contribution in [0.4, 0.5) is 9.52 Å². The van der Waals surface area contributed by atoms with E-state index in [0.29, 0.717) is 0 Å². The molecule has 0 aliphatic carbocycles. The average Bonchev–Trinajstić information content (AvgIpc) is 3.17. The zero-order valence-electron chi connectivity index (χ0n) is 15.4. The second kappa shape index (κ2) is 7.70. The molecule has 4 rings (SSSR count). The molecule has 0 spiro atoms. The highest BCUT2D eigenvalue weighted by Gasteiger charge is 2.50. The second-order valence-electron chi connectivity index (χ2n) is 6.85. The maximum Gasteiger partial charge on any atom is 0.186 e. The van der Waals surface area contributed by atoms with Crippen molar-refractivity contribution in [1.29, 1.82) is 5.26 Å². The lowest BCUT2D eigenvalue weighted by molar-refractivity contribution is 0.187. The fraction of sp³-hybridized carbons (Fsp3) is 0.273. The number of thiazole rings is 1. The van der Waals surface area contributed by atoms with Gasteiger partial charge in [-0.25, -0.2) is 9.37 Å².